The van der Waals surface area contributed by atoms with Gasteiger partial charge in [0.15, 0.2) is 11.5 Å². The van der Waals surface area contributed by atoms with E-state index in [4.69, 9.17) is 29.4 Å². The molecule has 0 amide bonds. The average Bonchev–Trinajstić information content (AvgIpc) is 2.87. The van der Waals surface area contributed by atoms with Crippen molar-refractivity contribution in [2.24, 2.45) is 11.7 Å². The van der Waals surface area contributed by atoms with Gasteiger partial charge in [-0.15, -0.1) is 0 Å². The van der Waals surface area contributed by atoms with Gasteiger partial charge in [-0.25, -0.2) is 9.59 Å². The predicted molar refractivity (Wildman–Crippen MR) is 152 cm³/mol. The number of hydrogen-bond donors (Lipinski definition) is 2. The Morgan fingerprint density at radius 3 is 1.85 bits per heavy atom. The maximum atomic E-state index is 12.6. The van der Waals surface area contributed by atoms with E-state index in [1.165, 1.54) is 18.2 Å². The Kier molecular flexibility index (Phi) is 13.6. The summed E-state index contributed by atoms with van der Waals surface area (Å²) >= 11 is 0. The van der Waals surface area contributed by atoms with Gasteiger partial charge >= 0.3 is 24.2 Å². The van der Waals surface area contributed by atoms with Crippen LogP contribution in [-0.2, 0) is 23.8 Å². The van der Waals surface area contributed by atoms with Crippen molar-refractivity contribution in [1.29, 1.82) is 0 Å². The highest BCUT2D eigenvalue weighted by Gasteiger charge is 2.32. The number of nitrogens with two attached hydrogens (primary N) is 1. The first kappa shape index (κ1) is 35.7. The molecule has 232 valence electrons. The maximum Gasteiger partial charge on any atom is 0.514 e. The molecule has 4 atom stereocenters. The van der Waals surface area contributed by atoms with Crippen LogP contribution in [0.2, 0.25) is 0 Å². The van der Waals surface area contributed by atoms with Crippen molar-refractivity contribution in [2.45, 2.75) is 124 Å². The number of rotatable bonds is 15. The first-order valence-electron chi connectivity index (χ1n) is 14.1. The van der Waals surface area contributed by atoms with Crippen molar-refractivity contribution < 1.29 is 48.0 Å². The van der Waals surface area contributed by atoms with Crippen LogP contribution in [0, 0.1) is 5.92 Å². The number of aliphatic carboxylic acids is 1. The van der Waals surface area contributed by atoms with Crippen LogP contribution in [0.15, 0.2) is 18.2 Å². The molecular formula is C30H47NO10. The molecule has 3 unspecified atom stereocenters. The molecule has 3 N–H and O–H groups in total. The van der Waals surface area contributed by atoms with E-state index in [9.17, 15) is 24.3 Å². The van der Waals surface area contributed by atoms with Gasteiger partial charge in [0.05, 0.1) is 12.0 Å². The smallest absolute Gasteiger partial charge is 0.480 e. The van der Waals surface area contributed by atoms with Crippen molar-refractivity contribution in [3.63, 3.8) is 0 Å². The first-order chi connectivity index (χ1) is 18.9. The van der Waals surface area contributed by atoms with Crippen LogP contribution in [0.25, 0.3) is 0 Å². The van der Waals surface area contributed by atoms with E-state index in [0.29, 0.717) is 24.8 Å². The minimum atomic E-state index is -1.38. The highest BCUT2D eigenvalue weighted by atomic mass is 16.8. The number of hydrogen-bond acceptors (Lipinski definition) is 10. The summed E-state index contributed by atoms with van der Waals surface area (Å²) < 4.78 is 27.1. The molecule has 11 heteroatoms. The second kappa shape index (κ2) is 15.6. The molecule has 0 saturated heterocycles. The van der Waals surface area contributed by atoms with Crippen LogP contribution in [-0.4, -0.2) is 52.7 Å². The highest BCUT2D eigenvalue weighted by molar-refractivity contribution is 5.75. The Morgan fingerprint density at radius 2 is 1.39 bits per heavy atom. The fraction of sp³-hybridized carbons (Fsp3) is 0.667. The quantitative estimate of drug-likeness (QED) is 0.135. The predicted octanol–water partition coefficient (Wildman–Crippen LogP) is 6.35. The molecule has 41 heavy (non-hydrogen) atoms. The van der Waals surface area contributed by atoms with Crippen LogP contribution in [0.5, 0.6) is 11.5 Å². The second-order valence-corrected chi connectivity index (χ2v) is 11.5. The van der Waals surface area contributed by atoms with Crippen molar-refractivity contribution >= 4 is 24.2 Å². The Morgan fingerprint density at radius 1 is 0.878 bits per heavy atom. The fourth-order valence-corrected chi connectivity index (χ4v) is 3.67. The van der Waals surface area contributed by atoms with Crippen LogP contribution < -0.4 is 15.2 Å². The lowest BCUT2D eigenvalue weighted by molar-refractivity contribution is -0.153. The number of carbonyl (C=O) groups excluding carboxylic acids is 3. The molecule has 0 aliphatic rings. The van der Waals surface area contributed by atoms with Crippen molar-refractivity contribution in [2.75, 3.05) is 0 Å². The summed E-state index contributed by atoms with van der Waals surface area (Å²) in [5.74, 6) is -3.17. The zero-order chi connectivity index (χ0) is 31.5. The Balaban J connectivity index is 3.42. The van der Waals surface area contributed by atoms with Gasteiger partial charge in [-0.3, -0.25) is 9.59 Å². The number of benzene rings is 1. The topological polar surface area (TPSA) is 161 Å². The molecule has 0 aliphatic heterocycles. The zero-order valence-electron chi connectivity index (χ0n) is 25.8. The molecular weight excluding hydrogens is 534 g/mol. The number of ether oxygens (including phenoxy) is 5. The van der Waals surface area contributed by atoms with Gasteiger partial charge in [-0.2, -0.15) is 0 Å². The average molecular weight is 582 g/mol. The molecule has 0 bridgehead atoms. The summed E-state index contributed by atoms with van der Waals surface area (Å²) in [7, 11) is 0. The molecule has 1 rings (SSSR count). The third-order valence-electron chi connectivity index (χ3n) is 6.95. The van der Waals surface area contributed by atoms with Crippen LogP contribution in [0.4, 0.5) is 9.59 Å². The number of carboxylic acids is 1. The molecule has 11 nitrogen and oxygen atoms in total. The second-order valence-electron chi connectivity index (χ2n) is 11.5. The van der Waals surface area contributed by atoms with Crippen LogP contribution in [0.3, 0.4) is 0 Å². The maximum absolute atomic E-state index is 12.6. The summed E-state index contributed by atoms with van der Waals surface area (Å²) in [5, 5.41) is 9.72. The van der Waals surface area contributed by atoms with E-state index >= 15 is 0 Å². The minimum Gasteiger partial charge on any atom is -0.480 e. The number of carbonyl (C=O) groups is 4. The lowest BCUT2D eigenvalue weighted by Crippen LogP contribution is -2.38. The summed E-state index contributed by atoms with van der Waals surface area (Å²) in [6.45, 7) is 15.9. The molecule has 1 aromatic carbocycles. The Labute approximate surface area is 243 Å². The van der Waals surface area contributed by atoms with E-state index in [2.05, 4.69) is 0 Å². The normalized spacial score (nSPS) is 14.7. The molecule has 1 aromatic rings. The van der Waals surface area contributed by atoms with Crippen molar-refractivity contribution in [3.05, 3.63) is 23.8 Å². The van der Waals surface area contributed by atoms with Crippen molar-refractivity contribution in [3.8, 4) is 11.5 Å². The molecule has 0 saturated carbocycles. The van der Waals surface area contributed by atoms with Gasteiger partial charge in [0.25, 0.3) is 0 Å². The summed E-state index contributed by atoms with van der Waals surface area (Å²) in [6.07, 6.45) is -0.157. The number of carboxylic acid groups (broad SMARTS) is 1. The lowest BCUT2D eigenvalue weighted by atomic mass is 9.87. The summed E-state index contributed by atoms with van der Waals surface area (Å²) in [4.78, 5) is 49.5. The van der Waals surface area contributed by atoms with Gasteiger partial charge in [0.1, 0.15) is 17.2 Å². The fourth-order valence-electron chi connectivity index (χ4n) is 3.67. The zero-order valence-corrected chi connectivity index (χ0v) is 25.8. The number of esters is 1. The molecule has 0 radical (unpaired) electrons. The van der Waals surface area contributed by atoms with E-state index in [1.807, 2.05) is 20.8 Å². The third-order valence-corrected chi connectivity index (χ3v) is 6.95. The SMILES string of the molecule is CCCC(C)C(=O)OC(C)CC(c1ccc(OC(=O)OC(C)(C)CC)c(OC(=O)OC(C)(C)CC)c1)[C@H](N)C(=O)O. The van der Waals surface area contributed by atoms with Gasteiger partial charge in [0, 0.05) is 5.92 Å². The Bertz CT molecular complexity index is 1050. The van der Waals surface area contributed by atoms with Crippen molar-refractivity contribution in [1.82, 2.24) is 0 Å². The molecule has 0 spiro atoms. The van der Waals surface area contributed by atoms with Crippen LogP contribution in [0.1, 0.15) is 106 Å². The molecule has 0 fully saturated rings. The monoisotopic (exact) mass is 581 g/mol. The summed E-state index contributed by atoms with van der Waals surface area (Å²) in [5.41, 5.74) is 4.78. The minimum absolute atomic E-state index is 0.0672. The van der Waals surface area contributed by atoms with Gasteiger partial charge < -0.3 is 34.5 Å². The lowest BCUT2D eigenvalue weighted by Gasteiger charge is -2.27. The van der Waals surface area contributed by atoms with E-state index < -0.39 is 47.5 Å². The largest absolute Gasteiger partial charge is 0.514 e. The molecule has 0 aromatic heterocycles. The van der Waals surface area contributed by atoms with Gasteiger partial charge in [-0.1, -0.05) is 40.2 Å². The third kappa shape index (κ3) is 12.0. The molecule has 0 aliphatic carbocycles. The highest BCUT2D eigenvalue weighted by Crippen LogP contribution is 2.36. The van der Waals surface area contributed by atoms with Crippen LogP contribution >= 0.6 is 0 Å². The Hall–Kier alpha value is -3.34. The standard InChI is InChI=1S/C30H47NO10/c1-10-13-18(4)26(34)37-19(5)16-21(24(31)25(32)33)20-14-15-22(38-27(35)40-29(6,7)11-2)23(17-20)39-28(36)41-30(8,9)12-3/h14-15,17-19,21,24H,10-13,16,31H2,1-9H3,(H,32,33)/t18?,19?,21?,24-/m0/s1. The van der Waals surface area contributed by atoms with Gasteiger partial charge in [0.2, 0.25) is 0 Å². The van der Waals surface area contributed by atoms with E-state index in [-0.39, 0.29) is 29.8 Å². The van der Waals surface area contributed by atoms with Gasteiger partial charge in [-0.05, 0) is 78.0 Å². The first-order valence-corrected chi connectivity index (χ1v) is 14.1. The summed E-state index contributed by atoms with van der Waals surface area (Å²) in [6, 6.07) is 2.83. The van der Waals surface area contributed by atoms with E-state index in [1.54, 1.807) is 41.5 Å². The molecule has 0 heterocycles. The van der Waals surface area contributed by atoms with E-state index in [0.717, 1.165) is 6.42 Å².